The molecule has 4 rings (SSSR count). The van der Waals surface area contributed by atoms with Crippen molar-refractivity contribution in [1.82, 2.24) is 0 Å². The second-order valence-electron chi connectivity index (χ2n) is 9.97. The van der Waals surface area contributed by atoms with Gasteiger partial charge in [0, 0.05) is 11.4 Å². The Labute approximate surface area is 233 Å². The van der Waals surface area contributed by atoms with Gasteiger partial charge < -0.3 is 20.9 Å². The Hall–Kier alpha value is -4.34. The highest BCUT2D eigenvalue weighted by Gasteiger charge is 2.72. The van der Waals surface area contributed by atoms with E-state index < -0.39 is 28.9 Å². The molecule has 0 amide bonds. The molecule has 4 aromatic rings. The van der Waals surface area contributed by atoms with Crippen molar-refractivity contribution in [2.24, 2.45) is 0 Å². The third-order valence-electron chi connectivity index (χ3n) is 6.83. The molecule has 0 aromatic heterocycles. The Bertz CT molecular complexity index is 1400. The Kier molecular flexibility index (Phi) is 7.64. The lowest BCUT2D eigenvalue weighted by Gasteiger charge is -2.38. The van der Waals surface area contributed by atoms with Crippen molar-refractivity contribution in [2.45, 2.75) is 45.5 Å². The molecule has 0 atom stereocenters. The maximum atomic E-state index is 14.6. The average Bonchev–Trinajstić information content (AvgIpc) is 2.84. The number of halogens is 6. The van der Waals surface area contributed by atoms with Crippen LogP contribution in [0.4, 0.5) is 37.7 Å². The number of nitrogen functional groups attached to an aromatic ring is 2. The van der Waals surface area contributed by atoms with Crippen molar-refractivity contribution in [2.75, 3.05) is 11.5 Å². The van der Waals surface area contributed by atoms with E-state index in [1.54, 1.807) is 52.0 Å². The van der Waals surface area contributed by atoms with Gasteiger partial charge in [-0.05, 0) is 110 Å². The molecule has 41 heavy (non-hydrogen) atoms. The minimum atomic E-state index is -5.73. The molecule has 4 aromatic carbocycles. The summed E-state index contributed by atoms with van der Waals surface area (Å²) in [5.41, 5.74) is 8.96. The average molecular weight is 575 g/mol. The molecule has 0 fully saturated rings. The zero-order valence-electron chi connectivity index (χ0n) is 22.7. The van der Waals surface area contributed by atoms with Gasteiger partial charge in [-0.1, -0.05) is 24.3 Å². The summed E-state index contributed by atoms with van der Waals surface area (Å²) in [6.07, 6.45) is -11.5. The number of ether oxygens (including phenoxy) is 2. The summed E-state index contributed by atoms with van der Waals surface area (Å²) < 4.78 is 99.3. The maximum absolute atomic E-state index is 14.6. The van der Waals surface area contributed by atoms with Crippen LogP contribution in [0.2, 0.25) is 0 Å². The monoisotopic (exact) mass is 574 g/mol. The molecule has 0 aliphatic carbocycles. The number of hydrogen-bond acceptors (Lipinski definition) is 4. The van der Waals surface area contributed by atoms with Crippen molar-refractivity contribution < 1.29 is 35.8 Å². The molecular weight excluding hydrogens is 546 g/mol. The molecule has 4 nitrogen and oxygen atoms in total. The van der Waals surface area contributed by atoms with Crippen molar-refractivity contribution in [1.29, 1.82) is 0 Å². The van der Waals surface area contributed by atoms with Crippen LogP contribution in [0.15, 0.2) is 72.8 Å². The number of aryl methyl sites for hydroxylation is 4. The van der Waals surface area contributed by atoms with Gasteiger partial charge in [-0.2, -0.15) is 26.3 Å². The van der Waals surface area contributed by atoms with Crippen molar-refractivity contribution in [3.63, 3.8) is 0 Å². The van der Waals surface area contributed by atoms with Crippen molar-refractivity contribution >= 4 is 11.4 Å². The zero-order chi connectivity index (χ0) is 30.3. The Balaban J connectivity index is 1.75. The highest BCUT2D eigenvalue weighted by molar-refractivity contribution is 5.55. The van der Waals surface area contributed by atoms with Crippen LogP contribution < -0.4 is 20.9 Å². The van der Waals surface area contributed by atoms with Crippen molar-refractivity contribution in [3.8, 4) is 23.0 Å². The molecule has 0 unspecified atom stereocenters. The molecule has 0 aliphatic rings. The van der Waals surface area contributed by atoms with E-state index in [2.05, 4.69) is 0 Å². The fourth-order valence-corrected chi connectivity index (χ4v) is 5.05. The number of benzene rings is 4. The molecule has 0 bridgehead atoms. The SMILES string of the molecule is Cc1cc(N)cc(C)c1Oc1ccc(C(c2ccc(Oc3c(C)cc(N)cc3C)cc2)(C(F)(F)F)C(F)(F)F)cc1. The van der Waals surface area contributed by atoms with E-state index in [4.69, 9.17) is 20.9 Å². The predicted molar refractivity (Wildman–Crippen MR) is 147 cm³/mol. The van der Waals surface area contributed by atoms with E-state index in [0.717, 1.165) is 48.5 Å². The minimum absolute atomic E-state index is 0.0703. The van der Waals surface area contributed by atoms with Crippen LogP contribution in [0.3, 0.4) is 0 Å². The summed E-state index contributed by atoms with van der Waals surface area (Å²) in [6, 6.07) is 14.1. The summed E-state index contributed by atoms with van der Waals surface area (Å²) in [7, 11) is 0. The van der Waals surface area contributed by atoms with Crippen LogP contribution in [-0.2, 0) is 5.41 Å². The van der Waals surface area contributed by atoms with Gasteiger partial charge in [0.25, 0.3) is 0 Å². The summed E-state index contributed by atoms with van der Waals surface area (Å²) in [5.74, 6) is 0.959. The van der Waals surface area contributed by atoms with Gasteiger partial charge in [-0.3, -0.25) is 0 Å². The van der Waals surface area contributed by atoms with E-state index in [1.807, 2.05) is 0 Å². The second-order valence-corrected chi connectivity index (χ2v) is 9.97. The van der Waals surface area contributed by atoms with Crippen LogP contribution in [0.25, 0.3) is 0 Å². The first-order chi connectivity index (χ1) is 19.0. The lowest BCUT2D eigenvalue weighted by molar-refractivity contribution is -0.288. The first kappa shape index (κ1) is 29.6. The maximum Gasteiger partial charge on any atom is 0.411 e. The number of hydrogen-bond donors (Lipinski definition) is 2. The molecular formula is C31H28F6N2O2. The highest BCUT2D eigenvalue weighted by Crippen LogP contribution is 2.56. The van der Waals surface area contributed by atoms with E-state index in [0.29, 0.717) is 45.1 Å². The molecule has 216 valence electrons. The third kappa shape index (κ3) is 5.51. The fourth-order valence-electron chi connectivity index (χ4n) is 5.05. The van der Waals surface area contributed by atoms with Gasteiger partial charge in [0.15, 0.2) is 0 Å². The van der Waals surface area contributed by atoms with E-state index in [1.165, 1.54) is 0 Å². The number of rotatable bonds is 6. The van der Waals surface area contributed by atoms with Crippen molar-refractivity contribution in [3.05, 3.63) is 106 Å². The molecule has 0 radical (unpaired) electrons. The fraction of sp³-hybridized carbons (Fsp3) is 0.226. The van der Waals surface area contributed by atoms with Crippen LogP contribution >= 0.6 is 0 Å². The topological polar surface area (TPSA) is 70.5 Å². The van der Waals surface area contributed by atoms with Crippen LogP contribution in [-0.4, -0.2) is 12.4 Å². The summed E-state index contributed by atoms with van der Waals surface area (Å²) in [6.45, 7) is 6.92. The van der Waals surface area contributed by atoms with Gasteiger partial charge >= 0.3 is 12.4 Å². The van der Waals surface area contributed by atoms with Gasteiger partial charge in [0.05, 0.1) is 0 Å². The Morgan fingerprint density at radius 2 is 0.756 bits per heavy atom. The molecule has 0 heterocycles. The highest BCUT2D eigenvalue weighted by atomic mass is 19.4. The Morgan fingerprint density at radius 1 is 0.488 bits per heavy atom. The Morgan fingerprint density at radius 3 is 1.00 bits per heavy atom. The lowest BCUT2D eigenvalue weighted by atomic mass is 9.73. The van der Waals surface area contributed by atoms with Gasteiger partial charge in [-0.25, -0.2) is 0 Å². The first-order valence-corrected chi connectivity index (χ1v) is 12.5. The predicted octanol–water partition coefficient (Wildman–Crippen LogP) is 9.08. The van der Waals surface area contributed by atoms with E-state index in [9.17, 15) is 26.3 Å². The van der Waals surface area contributed by atoms with Gasteiger partial charge in [0.1, 0.15) is 23.0 Å². The number of alkyl halides is 6. The van der Waals surface area contributed by atoms with Gasteiger partial charge in [-0.15, -0.1) is 0 Å². The largest absolute Gasteiger partial charge is 0.457 e. The normalized spacial score (nSPS) is 12.3. The molecule has 0 spiro atoms. The molecule has 0 saturated heterocycles. The van der Waals surface area contributed by atoms with Gasteiger partial charge in [0.2, 0.25) is 5.41 Å². The third-order valence-corrected chi connectivity index (χ3v) is 6.83. The summed E-state index contributed by atoms with van der Waals surface area (Å²) in [4.78, 5) is 0. The smallest absolute Gasteiger partial charge is 0.411 e. The molecule has 0 aliphatic heterocycles. The first-order valence-electron chi connectivity index (χ1n) is 12.5. The summed E-state index contributed by atoms with van der Waals surface area (Å²) in [5, 5.41) is 0. The zero-order valence-corrected chi connectivity index (χ0v) is 22.7. The van der Waals surface area contributed by atoms with E-state index >= 15 is 0 Å². The summed E-state index contributed by atoms with van der Waals surface area (Å²) >= 11 is 0. The molecule has 4 N–H and O–H groups in total. The van der Waals surface area contributed by atoms with E-state index in [-0.39, 0.29) is 11.5 Å². The lowest BCUT2D eigenvalue weighted by Crippen LogP contribution is -2.54. The second kappa shape index (κ2) is 10.6. The van der Waals surface area contributed by atoms with Crippen LogP contribution in [0.5, 0.6) is 23.0 Å². The van der Waals surface area contributed by atoms with Crippen LogP contribution in [0.1, 0.15) is 33.4 Å². The number of nitrogens with two attached hydrogens (primary N) is 2. The standard InChI is InChI=1S/C31H28F6N2O2/c1-17-13-23(38)14-18(2)27(17)40-25-9-5-21(6-10-25)29(30(32,33)34,31(35,36)37)22-7-11-26(12-8-22)41-28-19(3)15-24(39)16-20(28)4/h5-16H,38-39H2,1-4H3. The van der Waals surface area contributed by atoms with Crippen LogP contribution in [0, 0.1) is 27.7 Å². The molecule has 0 saturated carbocycles. The molecule has 10 heteroatoms. The number of anilines is 2. The minimum Gasteiger partial charge on any atom is -0.457 e. The quantitative estimate of drug-likeness (QED) is 0.178.